The van der Waals surface area contributed by atoms with Crippen molar-refractivity contribution in [3.63, 3.8) is 0 Å². The van der Waals surface area contributed by atoms with E-state index in [2.05, 4.69) is 54.5 Å². The van der Waals surface area contributed by atoms with E-state index in [-0.39, 0.29) is 46.0 Å². The Morgan fingerprint density at radius 3 is 2.11 bits per heavy atom. The highest BCUT2D eigenvalue weighted by Crippen LogP contribution is 2.76. The molecule has 0 radical (unpaired) electrons. The minimum absolute atomic E-state index is 0.0137. The van der Waals surface area contributed by atoms with E-state index in [1.807, 2.05) is 0 Å². The molecule has 4 saturated carbocycles. The first kappa shape index (κ1) is 42.8. The lowest BCUT2D eigenvalue weighted by molar-refractivity contribution is -0.374. The van der Waals surface area contributed by atoms with Crippen molar-refractivity contribution in [2.45, 2.75) is 180 Å². The zero-order valence-corrected chi connectivity index (χ0v) is 34.1. The van der Waals surface area contributed by atoms with E-state index in [0.717, 1.165) is 44.9 Å². The van der Waals surface area contributed by atoms with Gasteiger partial charge in [0.15, 0.2) is 18.7 Å². The summed E-state index contributed by atoms with van der Waals surface area (Å²) in [6.07, 6.45) is -8.28. The van der Waals surface area contributed by atoms with Gasteiger partial charge in [-0.15, -0.1) is 0 Å². The molecule has 19 atom stereocenters. The first-order valence-electron chi connectivity index (χ1n) is 20.9. The maximum Gasteiger partial charge on any atom is 0.335 e. The van der Waals surface area contributed by atoms with Gasteiger partial charge in [-0.25, -0.2) is 4.79 Å². The summed E-state index contributed by atoms with van der Waals surface area (Å²) < 4.78 is 24.0. The summed E-state index contributed by atoms with van der Waals surface area (Å²) in [5.41, 5.74) is 0.00997. The van der Waals surface area contributed by atoms with Gasteiger partial charge in [0, 0.05) is 5.41 Å². The standard InChI is InChI=1S/C42H68O14/c1-37(2)14-15-42(19-44)21(16-37)20-8-9-24-39(5)12-11-26(38(3,4)23(39)10-13-40(24,6)41(20,7)17-25(42)45)54-36-33(30(49)29(48)32(55-36)34(51)52)56-35-31(50)28(47)27(46)22(18-43)53-35/h8,21-33,35-36,43-50H,9-19H2,1-7H3,(H,51,52)/t21-,22-,23?,24?,25-,26?,27-,28+,29+,30+,31-,32+,33-,35+,36-,39+,40-,41-,42-/m1/s1. The molecule has 3 unspecified atom stereocenters. The monoisotopic (exact) mass is 796 g/mol. The first-order valence-corrected chi connectivity index (χ1v) is 20.9. The maximum atomic E-state index is 12.2. The number of carboxylic acid groups (broad SMARTS) is 1. The molecule has 2 aliphatic heterocycles. The lowest BCUT2D eigenvalue weighted by atomic mass is 9.33. The molecule has 320 valence electrons. The number of aliphatic hydroxyl groups excluding tert-OH is 8. The van der Waals surface area contributed by atoms with Gasteiger partial charge in [-0.2, -0.15) is 0 Å². The molecule has 14 heteroatoms. The molecular formula is C42H68O14. The number of aliphatic carboxylic acids is 1. The van der Waals surface area contributed by atoms with Crippen LogP contribution in [-0.4, -0.2) is 139 Å². The van der Waals surface area contributed by atoms with Gasteiger partial charge < -0.3 is 64.9 Å². The van der Waals surface area contributed by atoms with Crippen LogP contribution in [0.15, 0.2) is 11.6 Å². The van der Waals surface area contributed by atoms with E-state index in [0.29, 0.717) is 12.8 Å². The van der Waals surface area contributed by atoms with Crippen LogP contribution < -0.4 is 0 Å². The van der Waals surface area contributed by atoms with Gasteiger partial charge in [0.2, 0.25) is 0 Å². The minimum atomic E-state index is -1.94. The second kappa shape index (κ2) is 14.4. The van der Waals surface area contributed by atoms with Crippen molar-refractivity contribution in [3.05, 3.63) is 11.6 Å². The van der Waals surface area contributed by atoms with E-state index in [1.54, 1.807) is 0 Å². The molecule has 0 aromatic heterocycles. The van der Waals surface area contributed by atoms with Crippen LogP contribution in [0.1, 0.15) is 106 Å². The number of ether oxygens (including phenoxy) is 4. The Bertz CT molecular complexity index is 1520. The number of carbonyl (C=O) groups is 1. The van der Waals surface area contributed by atoms with Crippen LogP contribution >= 0.6 is 0 Å². The molecule has 5 aliphatic carbocycles. The van der Waals surface area contributed by atoms with E-state index < -0.39 is 97.0 Å². The Kier molecular flexibility index (Phi) is 11.0. The number of aliphatic hydroxyl groups is 8. The van der Waals surface area contributed by atoms with E-state index in [4.69, 9.17) is 18.9 Å². The third kappa shape index (κ3) is 6.21. The highest BCUT2D eigenvalue weighted by molar-refractivity contribution is 5.73. The molecule has 6 fully saturated rings. The van der Waals surface area contributed by atoms with Crippen molar-refractivity contribution in [2.75, 3.05) is 13.2 Å². The molecule has 0 aromatic carbocycles. The fraction of sp³-hybridized carbons (Fsp3) is 0.929. The molecule has 56 heavy (non-hydrogen) atoms. The SMILES string of the molecule is CC1(C)CC[C@]2(CO)[C@H](O)C[C@]3(C)C(=CCC4[C@@]5(C)CCC(O[C@@H]6O[C@H](C(=O)O)[C@@H](O)[C@H](O)[C@H]6O[C@@H]6O[C@H](CO)[C@@H](O)[C@H](O)[C@H]6O)C(C)(C)C5CC[C@]43C)[C@H]2C1. The van der Waals surface area contributed by atoms with Gasteiger partial charge in [0.05, 0.1) is 25.4 Å². The largest absolute Gasteiger partial charge is 0.479 e. The fourth-order valence-electron chi connectivity index (χ4n) is 13.7. The molecular weight excluding hydrogens is 728 g/mol. The smallest absolute Gasteiger partial charge is 0.335 e. The number of allylic oxidation sites excluding steroid dienone is 2. The van der Waals surface area contributed by atoms with Crippen molar-refractivity contribution >= 4 is 5.97 Å². The third-order valence-corrected chi connectivity index (χ3v) is 17.3. The quantitative estimate of drug-likeness (QED) is 0.132. The lowest BCUT2D eigenvalue weighted by Gasteiger charge is -2.72. The predicted molar refractivity (Wildman–Crippen MR) is 199 cm³/mol. The zero-order chi connectivity index (χ0) is 41.1. The Hall–Kier alpha value is -1.27. The average molecular weight is 797 g/mol. The number of hydrogen-bond donors (Lipinski definition) is 9. The molecule has 9 N–H and O–H groups in total. The number of fused-ring (bicyclic) bond motifs is 7. The van der Waals surface area contributed by atoms with Crippen molar-refractivity contribution in [3.8, 4) is 0 Å². The fourth-order valence-corrected chi connectivity index (χ4v) is 13.7. The number of carboxylic acids is 1. The van der Waals surface area contributed by atoms with Crippen molar-refractivity contribution < 1.29 is 69.7 Å². The van der Waals surface area contributed by atoms with Crippen LogP contribution in [0.5, 0.6) is 0 Å². The second-order valence-corrected chi connectivity index (χ2v) is 20.9. The van der Waals surface area contributed by atoms with E-state index in [1.165, 1.54) is 5.57 Å². The van der Waals surface area contributed by atoms with Crippen LogP contribution in [0, 0.1) is 50.2 Å². The van der Waals surface area contributed by atoms with Gasteiger partial charge in [-0.1, -0.05) is 60.1 Å². The molecule has 0 aromatic rings. The van der Waals surface area contributed by atoms with E-state index in [9.17, 15) is 50.8 Å². The molecule has 7 aliphatic rings. The van der Waals surface area contributed by atoms with Crippen LogP contribution in [0.25, 0.3) is 0 Å². The van der Waals surface area contributed by atoms with Crippen molar-refractivity contribution in [2.24, 2.45) is 50.2 Å². The summed E-state index contributed by atoms with van der Waals surface area (Å²) in [5, 5.41) is 96.0. The summed E-state index contributed by atoms with van der Waals surface area (Å²) in [7, 11) is 0. The summed E-state index contributed by atoms with van der Waals surface area (Å²) in [4.78, 5) is 12.2. The zero-order valence-electron chi connectivity index (χ0n) is 34.1. The summed E-state index contributed by atoms with van der Waals surface area (Å²) in [5.74, 6) is -0.957. The Morgan fingerprint density at radius 2 is 1.46 bits per heavy atom. The molecule has 7 rings (SSSR count). The van der Waals surface area contributed by atoms with Gasteiger partial charge in [-0.05, 0) is 103 Å². The van der Waals surface area contributed by atoms with Gasteiger partial charge >= 0.3 is 5.97 Å². The van der Waals surface area contributed by atoms with Crippen LogP contribution in [-0.2, 0) is 23.7 Å². The predicted octanol–water partition coefficient (Wildman–Crippen LogP) is 1.85. The van der Waals surface area contributed by atoms with Gasteiger partial charge in [0.25, 0.3) is 0 Å². The molecule has 0 spiro atoms. The molecule has 0 bridgehead atoms. The molecule has 14 nitrogen and oxygen atoms in total. The number of hydrogen-bond acceptors (Lipinski definition) is 13. The minimum Gasteiger partial charge on any atom is -0.479 e. The summed E-state index contributed by atoms with van der Waals surface area (Å²) in [6, 6.07) is 0. The molecule has 2 saturated heterocycles. The van der Waals surface area contributed by atoms with Gasteiger partial charge in [0.1, 0.15) is 42.7 Å². The molecule has 2 heterocycles. The summed E-state index contributed by atoms with van der Waals surface area (Å²) >= 11 is 0. The maximum absolute atomic E-state index is 12.2. The molecule has 0 amide bonds. The van der Waals surface area contributed by atoms with Gasteiger partial charge in [-0.3, -0.25) is 0 Å². The topological polar surface area (TPSA) is 236 Å². The average Bonchev–Trinajstić information content (AvgIpc) is 3.12. The summed E-state index contributed by atoms with van der Waals surface area (Å²) in [6.45, 7) is 15.4. The number of rotatable bonds is 7. The Balaban J connectivity index is 1.16. The van der Waals surface area contributed by atoms with Crippen molar-refractivity contribution in [1.29, 1.82) is 0 Å². The highest BCUT2D eigenvalue weighted by Gasteiger charge is 2.70. The Morgan fingerprint density at radius 1 is 0.768 bits per heavy atom. The lowest BCUT2D eigenvalue weighted by Crippen LogP contribution is -2.68. The van der Waals surface area contributed by atoms with Crippen LogP contribution in [0.4, 0.5) is 0 Å². The van der Waals surface area contributed by atoms with Crippen LogP contribution in [0.2, 0.25) is 0 Å². The van der Waals surface area contributed by atoms with Crippen molar-refractivity contribution in [1.82, 2.24) is 0 Å². The normalized spacial score (nSPS) is 53.8. The second-order valence-electron chi connectivity index (χ2n) is 20.9. The van der Waals surface area contributed by atoms with E-state index >= 15 is 0 Å². The highest BCUT2D eigenvalue weighted by atomic mass is 16.8. The first-order chi connectivity index (χ1) is 26.0. The van der Waals surface area contributed by atoms with Crippen LogP contribution in [0.3, 0.4) is 0 Å². The Labute approximate surface area is 330 Å². The third-order valence-electron chi connectivity index (χ3n) is 17.3.